The molecule has 0 aliphatic heterocycles. The summed E-state index contributed by atoms with van der Waals surface area (Å²) in [6.07, 6.45) is 1.36. The van der Waals surface area contributed by atoms with E-state index in [1.54, 1.807) is 4.90 Å². The summed E-state index contributed by atoms with van der Waals surface area (Å²) < 4.78 is 5.43. The summed E-state index contributed by atoms with van der Waals surface area (Å²) in [5, 5.41) is 9.87. The fourth-order valence-corrected chi connectivity index (χ4v) is 2.94. The molecule has 0 saturated heterocycles. The standard InChI is InChI=1S/C16H21N3O2S/c1-4-11-19(14(20)5-2)16-18-17-15(22-16)12-7-9-13(10-8-12)21-6-3/h7-10H,4-6,11H2,1-3H3. The molecule has 1 amide bonds. The van der Waals surface area contributed by atoms with Crippen molar-refractivity contribution in [3.8, 4) is 16.3 Å². The van der Waals surface area contributed by atoms with Crippen molar-refractivity contribution in [2.24, 2.45) is 0 Å². The molecule has 5 nitrogen and oxygen atoms in total. The monoisotopic (exact) mass is 319 g/mol. The highest BCUT2D eigenvalue weighted by Crippen LogP contribution is 2.30. The lowest BCUT2D eigenvalue weighted by molar-refractivity contribution is -0.118. The maximum atomic E-state index is 12.0. The Labute approximate surface area is 134 Å². The molecule has 0 bridgehead atoms. The van der Waals surface area contributed by atoms with Crippen molar-refractivity contribution in [2.75, 3.05) is 18.1 Å². The van der Waals surface area contributed by atoms with Crippen LogP contribution < -0.4 is 9.64 Å². The molecule has 0 aliphatic carbocycles. The fourth-order valence-electron chi connectivity index (χ4n) is 2.04. The van der Waals surface area contributed by atoms with Gasteiger partial charge in [0.15, 0.2) is 0 Å². The summed E-state index contributed by atoms with van der Waals surface area (Å²) >= 11 is 1.44. The molecule has 0 atom stereocenters. The minimum Gasteiger partial charge on any atom is -0.494 e. The van der Waals surface area contributed by atoms with Crippen LogP contribution in [0, 0.1) is 0 Å². The Bertz CT molecular complexity index is 610. The second-order valence-corrected chi connectivity index (χ2v) is 5.70. The van der Waals surface area contributed by atoms with Crippen LogP contribution in [0.5, 0.6) is 5.75 Å². The SMILES string of the molecule is CCCN(C(=O)CC)c1nnc(-c2ccc(OCC)cc2)s1. The number of hydrogen-bond donors (Lipinski definition) is 0. The largest absolute Gasteiger partial charge is 0.494 e. The molecule has 0 unspecified atom stereocenters. The van der Waals surface area contributed by atoms with E-state index < -0.39 is 0 Å². The quantitative estimate of drug-likeness (QED) is 0.780. The van der Waals surface area contributed by atoms with Crippen molar-refractivity contribution >= 4 is 22.4 Å². The molecular formula is C16H21N3O2S. The predicted molar refractivity (Wildman–Crippen MR) is 89.4 cm³/mol. The van der Waals surface area contributed by atoms with Gasteiger partial charge in [-0.2, -0.15) is 0 Å². The van der Waals surface area contributed by atoms with Gasteiger partial charge in [0.1, 0.15) is 10.8 Å². The molecular weight excluding hydrogens is 298 g/mol. The zero-order valence-electron chi connectivity index (χ0n) is 13.2. The Hall–Kier alpha value is -1.95. The molecule has 0 spiro atoms. The third-order valence-corrected chi connectivity index (χ3v) is 4.10. The van der Waals surface area contributed by atoms with Gasteiger partial charge in [-0.1, -0.05) is 25.2 Å². The number of ether oxygens (including phenoxy) is 1. The highest BCUT2D eigenvalue weighted by molar-refractivity contribution is 7.18. The number of hydrogen-bond acceptors (Lipinski definition) is 5. The van der Waals surface area contributed by atoms with Crippen LogP contribution in [0.15, 0.2) is 24.3 Å². The number of benzene rings is 1. The zero-order valence-corrected chi connectivity index (χ0v) is 14.0. The molecule has 2 rings (SSSR count). The lowest BCUT2D eigenvalue weighted by atomic mass is 10.2. The van der Waals surface area contributed by atoms with Crippen LogP contribution in [0.1, 0.15) is 33.6 Å². The molecule has 2 aromatic rings. The van der Waals surface area contributed by atoms with Crippen LogP contribution in [0.2, 0.25) is 0 Å². The van der Waals surface area contributed by atoms with E-state index in [-0.39, 0.29) is 5.91 Å². The van der Waals surface area contributed by atoms with Crippen LogP contribution >= 0.6 is 11.3 Å². The molecule has 1 aromatic carbocycles. The van der Waals surface area contributed by atoms with E-state index in [1.165, 1.54) is 11.3 Å². The molecule has 0 fully saturated rings. The van der Waals surface area contributed by atoms with E-state index in [9.17, 15) is 4.79 Å². The van der Waals surface area contributed by atoms with Crippen LogP contribution in [-0.2, 0) is 4.79 Å². The molecule has 118 valence electrons. The first-order valence-electron chi connectivity index (χ1n) is 7.56. The highest BCUT2D eigenvalue weighted by atomic mass is 32.1. The predicted octanol–water partition coefficient (Wildman–Crippen LogP) is 3.76. The van der Waals surface area contributed by atoms with Gasteiger partial charge in [0.05, 0.1) is 6.61 Å². The Morgan fingerprint density at radius 3 is 2.50 bits per heavy atom. The molecule has 0 N–H and O–H groups in total. The van der Waals surface area contributed by atoms with Gasteiger partial charge in [-0.3, -0.25) is 9.69 Å². The van der Waals surface area contributed by atoms with E-state index in [0.717, 1.165) is 22.7 Å². The van der Waals surface area contributed by atoms with Crippen molar-refractivity contribution in [3.63, 3.8) is 0 Å². The van der Waals surface area contributed by atoms with Gasteiger partial charge in [0, 0.05) is 18.5 Å². The minimum absolute atomic E-state index is 0.0799. The molecule has 0 aliphatic rings. The van der Waals surface area contributed by atoms with E-state index >= 15 is 0 Å². The summed E-state index contributed by atoms with van der Waals surface area (Å²) in [4.78, 5) is 13.7. The first kappa shape index (κ1) is 16.4. The van der Waals surface area contributed by atoms with Gasteiger partial charge in [-0.15, -0.1) is 10.2 Å². The maximum Gasteiger partial charge on any atom is 0.228 e. The summed E-state index contributed by atoms with van der Waals surface area (Å²) in [5.74, 6) is 0.918. The molecule has 6 heteroatoms. The maximum absolute atomic E-state index is 12.0. The minimum atomic E-state index is 0.0799. The summed E-state index contributed by atoms with van der Waals surface area (Å²) in [5.41, 5.74) is 0.979. The summed E-state index contributed by atoms with van der Waals surface area (Å²) in [6.45, 7) is 7.18. The zero-order chi connectivity index (χ0) is 15.9. The van der Waals surface area contributed by atoms with E-state index in [0.29, 0.717) is 24.7 Å². The lowest BCUT2D eigenvalue weighted by Gasteiger charge is -2.17. The molecule has 0 radical (unpaired) electrons. The van der Waals surface area contributed by atoms with E-state index in [2.05, 4.69) is 10.2 Å². The number of nitrogens with zero attached hydrogens (tertiary/aromatic N) is 3. The number of carbonyl (C=O) groups excluding carboxylic acids is 1. The molecule has 22 heavy (non-hydrogen) atoms. The van der Waals surface area contributed by atoms with Crippen LogP contribution in [0.3, 0.4) is 0 Å². The van der Waals surface area contributed by atoms with Crippen molar-refractivity contribution in [3.05, 3.63) is 24.3 Å². The smallest absolute Gasteiger partial charge is 0.228 e. The first-order chi connectivity index (χ1) is 10.7. The van der Waals surface area contributed by atoms with Crippen LogP contribution in [0.4, 0.5) is 5.13 Å². The molecule has 1 aromatic heterocycles. The number of amides is 1. The van der Waals surface area contributed by atoms with Gasteiger partial charge in [0.25, 0.3) is 0 Å². The van der Waals surface area contributed by atoms with Gasteiger partial charge in [-0.25, -0.2) is 0 Å². The normalized spacial score (nSPS) is 10.5. The average Bonchev–Trinajstić information content (AvgIpc) is 3.02. The first-order valence-corrected chi connectivity index (χ1v) is 8.38. The number of rotatable bonds is 7. The highest BCUT2D eigenvalue weighted by Gasteiger charge is 2.18. The molecule has 1 heterocycles. The van der Waals surface area contributed by atoms with Crippen molar-refractivity contribution in [1.29, 1.82) is 0 Å². The van der Waals surface area contributed by atoms with Gasteiger partial charge in [0.2, 0.25) is 11.0 Å². The Morgan fingerprint density at radius 1 is 1.18 bits per heavy atom. The Balaban J connectivity index is 2.20. The van der Waals surface area contributed by atoms with Gasteiger partial charge < -0.3 is 4.74 Å². The van der Waals surface area contributed by atoms with Crippen LogP contribution in [-0.4, -0.2) is 29.3 Å². The Kier molecular flexibility index (Phi) is 5.89. The average molecular weight is 319 g/mol. The van der Waals surface area contributed by atoms with E-state index in [1.807, 2.05) is 45.0 Å². The van der Waals surface area contributed by atoms with Crippen molar-refractivity contribution in [2.45, 2.75) is 33.6 Å². The third-order valence-electron chi connectivity index (χ3n) is 3.11. The molecule has 0 saturated carbocycles. The summed E-state index contributed by atoms with van der Waals surface area (Å²) in [6, 6.07) is 7.75. The van der Waals surface area contributed by atoms with Crippen LogP contribution in [0.25, 0.3) is 10.6 Å². The number of anilines is 1. The second-order valence-electron chi connectivity index (χ2n) is 4.75. The van der Waals surface area contributed by atoms with Crippen molar-refractivity contribution < 1.29 is 9.53 Å². The Morgan fingerprint density at radius 2 is 1.91 bits per heavy atom. The topological polar surface area (TPSA) is 55.3 Å². The lowest BCUT2D eigenvalue weighted by Crippen LogP contribution is -2.30. The fraction of sp³-hybridized carbons (Fsp3) is 0.438. The third kappa shape index (κ3) is 3.82. The number of carbonyl (C=O) groups is 1. The van der Waals surface area contributed by atoms with E-state index in [4.69, 9.17) is 4.74 Å². The van der Waals surface area contributed by atoms with Crippen molar-refractivity contribution in [1.82, 2.24) is 10.2 Å². The second kappa shape index (κ2) is 7.89. The summed E-state index contributed by atoms with van der Waals surface area (Å²) in [7, 11) is 0. The van der Waals surface area contributed by atoms with Gasteiger partial charge in [-0.05, 0) is 37.6 Å². The van der Waals surface area contributed by atoms with Gasteiger partial charge >= 0.3 is 0 Å². The number of aromatic nitrogens is 2.